The average Bonchev–Trinajstić information content (AvgIpc) is 2.64. The van der Waals surface area contributed by atoms with E-state index in [2.05, 4.69) is 10.1 Å². The SMILES string of the molecule is Cn1cc(CC(O)c2ncccc2F)cn1. The summed E-state index contributed by atoms with van der Waals surface area (Å²) in [5.41, 5.74) is 0.923. The minimum absolute atomic E-state index is 0.0753. The Hall–Kier alpha value is -1.75. The number of pyridine rings is 1. The molecule has 2 heterocycles. The van der Waals surface area contributed by atoms with Crippen LogP contribution in [0.15, 0.2) is 30.7 Å². The van der Waals surface area contributed by atoms with Crippen molar-refractivity contribution in [3.8, 4) is 0 Å². The lowest BCUT2D eigenvalue weighted by Gasteiger charge is -2.08. The number of nitrogens with zero attached hydrogens (tertiary/aromatic N) is 3. The van der Waals surface area contributed by atoms with E-state index in [1.807, 2.05) is 0 Å². The van der Waals surface area contributed by atoms with Gasteiger partial charge in [0.15, 0.2) is 0 Å². The van der Waals surface area contributed by atoms with Crippen LogP contribution in [0.1, 0.15) is 17.4 Å². The fourth-order valence-corrected chi connectivity index (χ4v) is 1.54. The minimum Gasteiger partial charge on any atom is -0.386 e. The first kappa shape index (κ1) is 10.8. The van der Waals surface area contributed by atoms with Gasteiger partial charge in [0.05, 0.1) is 6.20 Å². The second-order valence-corrected chi connectivity index (χ2v) is 3.61. The molecule has 0 saturated carbocycles. The van der Waals surface area contributed by atoms with Crippen LogP contribution in [0.4, 0.5) is 4.39 Å². The molecule has 0 aliphatic heterocycles. The molecule has 84 valence electrons. The highest BCUT2D eigenvalue weighted by Crippen LogP contribution is 2.18. The summed E-state index contributed by atoms with van der Waals surface area (Å²) in [6, 6.07) is 2.78. The monoisotopic (exact) mass is 221 g/mol. The number of aliphatic hydroxyl groups is 1. The van der Waals surface area contributed by atoms with Crippen molar-refractivity contribution < 1.29 is 9.50 Å². The number of aryl methyl sites for hydroxylation is 1. The Morgan fingerprint density at radius 2 is 2.38 bits per heavy atom. The molecule has 0 aliphatic rings. The van der Waals surface area contributed by atoms with Gasteiger partial charge in [-0.25, -0.2) is 4.39 Å². The van der Waals surface area contributed by atoms with E-state index in [1.165, 1.54) is 18.3 Å². The van der Waals surface area contributed by atoms with Gasteiger partial charge in [0.1, 0.15) is 17.6 Å². The van der Waals surface area contributed by atoms with Gasteiger partial charge < -0.3 is 5.11 Å². The van der Waals surface area contributed by atoms with Gasteiger partial charge in [-0.3, -0.25) is 9.67 Å². The van der Waals surface area contributed by atoms with E-state index >= 15 is 0 Å². The van der Waals surface area contributed by atoms with Gasteiger partial charge in [0, 0.05) is 25.9 Å². The number of aromatic nitrogens is 3. The molecule has 0 saturated heterocycles. The summed E-state index contributed by atoms with van der Waals surface area (Å²) in [6.07, 6.45) is 4.26. The van der Waals surface area contributed by atoms with Gasteiger partial charge in [-0.15, -0.1) is 0 Å². The predicted molar refractivity (Wildman–Crippen MR) is 56.1 cm³/mol. The Bertz CT molecular complexity index is 484. The first-order valence-electron chi connectivity index (χ1n) is 4.93. The lowest BCUT2D eigenvalue weighted by atomic mass is 10.1. The van der Waals surface area contributed by atoms with Gasteiger partial charge in [-0.05, 0) is 17.7 Å². The van der Waals surface area contributed by atoms with Crippen LogP contribution >= 0.6 is 0 Å². The highest BCUT2D eigenvalue weighted by Gasteiger charge is 2.15. The Balaban J connectivity index is 2.14. The Morgan fingerprint density at radius 1 is 1.56 bits per heavy atom. The molecule has 4 nitrogen and oxygen atoms in total. The van der Waals surface area contributed by atoms with Crippen molar-refractivity contribution in [2.45, 2.75) is 12.5 Å². The van der Waals surface area contributed by atoms with Gasteiger partial charge in [0.2, 0.25) is 0 Å². The van der Waals surface area contributed by atoms with Crippen LogP contribution < -0.4 is 0 Å². The summed E-state index contributed by atoms with van der Waals surface area (Å²) in [5.74, 6) is -0.487. The van der Waals surface area contributed by atoms with Crippen LogP contribution in [0.2, 0.25) is 0 Å². The molecule has 0 amide bonds. The van der Waals surface area contributed by atoms with Crippen molar-refractivity contribution in [2.75, 3.05) is 0 Å². The van der Waals surface area contributed by atoms with E-state index < -0.39 is 11.9 Å². The van der Waals surface area contributed by atoms with Crippen LogP contribution in [0.5, 0.6) is 0 Å². The highest BCUT2D eigenvalue weighted by molar-refractivity contribution is 5.14. The largest absolute Gasteiger partial charge is 0.386 e. The fraction of sp³-hybridized carbons (Fsp3) is 0.273. The number of halogens is 1. The van der Waals surface area contributed by atoms with Gasteiger partial charge in [-0.2, -0.15) is 5.10 Å². The molecular weight excluding hydrogens is 209 g/mol. The molecular formula is C11H12FN3O. The third-order valence-electron chi connectivity index (χ3n) is 2.29. The van der Waals surface area contributed by atoms with Crippen molar-refractivity contribution in [3.05, 3.63) is 47.8 Å². The quantitative estimate of drug-likeness (QED) is 0.848. The maximum atomic E-state index is 13.3. The molecule has 2 rings (SSSR count). The van der Waals surface area contributed by atoms with Crippen LogP contribution in [-0.4, -0.2) is 19.9 Å². The molecule has 1 atom stereocenters. The highest BCUT2D eigenvalue weighted by atomic mass is 19.1. The number of rotatable bonds is 3. The average molecular weight is 221 g/mol. The Labute approximate surface area is 92.4 Å². The molecule has 0 bridgehead atoms. The molecule has 0 radical (unpaired) electrons. The summed E-state index contributed by atoms with van der Waals surface area (Å²) >= 11 is 0. The number of hydrogen-bond donors (Lipinski definition) is 1. The molecule has 1 unspecified atom stereocenters. The topological polar surface area (TPSA) is 50.9 Å². The molecule has 1 N–H and O–H groups in total. The van der Waals surface area contributed by atoms with Crippen LogP contribution in [0, 0.1) is 5.82 Å². The summed E-state index contributed by atoms with van der Waals surface area (Å²) in [4.78, 5) is 3.83. The van der Waals surface area contributed by atoms with Crippen LogP contribution in [-0.2, 0) is 13.5 Å². The first-order valence-corrected chi connectivity index (χ1v) is 4.93. The van der Waals surface area contributed by atoms with E-state index in [9.17, 15) is 9.50 Å². The van der Waals surface area contributed by atoms with Crippen molar-refractivity contribution in [1.82, 2.24) is 14.8 Å². The Morgan fingerprint density at radius 3 is 3.00 bits per heavy atom. The van der Waals surface area contributed by atoms with Gasteiger partial charge in [-0.1, -0.05) is 0 Å². The number of aliphatic hydroxyl groups excluding tert-OH is 1. The van der Waals surface area contributed by atoms with Crippen molar-refractivity contribution >= 4 is 0 Å². The van der Waals surface area contributed by atoms with E-state index in [4.69, 9.17) is 0 Å². The second-order valence-electron chi connectivity index (χ2n) is 3.61. The van der Waals surface area contributed by atoms with Crippen molar-refractivity contribution in [1.29, 1.82) is 0 Å². The molecule has 0 aliphatic carbocycles. The molecule has 0 fully saturated rings. The van der Waals surface area contributed by atoms with Crippen molar-refractivity contribution in [2.24, 2.45) is 7.05 Å². The third-order valence-corrected chi connectivity index (χ3v) is 2.29. The van der Waals surface area contributed by atoms with E-state index in [-0.39, 0.29) is 5.69 Å². The zero-order chi connectivity index (χ0) is 11.5. The van der Waals surface area contributed by atoms with E-state index in [0.717, 1.165) is 5.56 Å². The molecule has 16 heavy (non-hydrogen) atoms. The standard InChI is InChI=1S/C11H12FN3O/c1-15-7-8(6-14-15)5-10(16)11-9(12)3-2-4-13-11/h2-4,6-7,10,16H,5H2,1H3. The summed E-state index contributed by atoms with van der Waals surface area (Å²) in [5, 5.41) is 13.8. The third kappa shape index (κ3) is 2.25. The van der Waals surface area contributed by atoms with Crippen LogP contribution in [0.25, 0.3) is 0 Å². The Kier molecular flexibility index (Phi) is 2.96. The second kappa shape index (κ2) is 4.40. The minimum atomic E-state index is -0.939. The first-order chi connectivity index (χ1) is 7.66. The molecule has 2 aromatic heterocycles. The van der Waals surface area contributed by atoms with Gasteiger partial charge >= 0.3 is 0 Å². The van der Waals surface area contributed by atoms with E-state index in [1.54, 1.807) is 24.1 Å². The van der Waals surface area contributed by atoms with Gasteiger partial charge in [0.25, 0.3) is 0 Å². The molecule has 0 aromatic carbocycles. The molecule has 0 spiro atoms. The zero-order valence-electron chi connectivity index (χ0n) is 8.84. The fourth-order valence-electron chi connectivity index (χ4n) is 1.54. The summed E-state index contributed by atoms with van der Waals surface area (Å²) in [7, 11) is 1.79. The van der Waals surface area contributed by atoms with Crippen molar-refractivity contribution in [3.63, 3.8) is 0 Å². The summed E-state index contributed by atoms with van der Waals surface area (Å²) < 4.78 is 14.9. The lowest BCUT2D eigenvalue weighted by Crippen LogP contribution is -2.06. The van der Waals surface area contributed by atoms with E-state index in [0.29, 0.717) is 6.42 Å². The molecule has 2 aromatic rings. The zero-order valence-corrected chi connectivity index (χ0v) is 8.84. The normalized spacial score (nSPS) is 12.7. The number of hydrogen-bond acceptors (Lipinski definition) is 3. The maximum absolute atomic E-state index is 13.3. The lowest BCUT2D eigenvalue weighted by molar-refractivity contribution is 0.168. The molecule has 5 heteroatoms. The smallest absolute Gasteiger partial charge is 0.147 e. The maximum Gasteiger partial charge on any atom is 0.147 e. The summed E-state index contributed by atoms with van der Waals surface area (Å²) in [6.45, 7) is 0. The van der Waals surface area contributed by atoms with Crippen LogP contribution in [0.3, 0.4) is 0 Å². The predicted octanol–water partition coefficient (Wildman–Crippen LogP) is 1.23.